The van der Waals surface area contributed by atoms with Gasteiger partial charge in [0.05, 0.1) is 29.0 Å². The average Bonchev–Trinajstić information content (AvgIpc) is 3.16. The van der Waals surface area contributed by atoms with E-state index in [0.717, 1.165) is 17.0 Å². The highest BCUT2D eigenvalue weighted by Gasteiger charge is 2.11. The zero-order chi connectivity index (χ0) is 22.2. The lowest BCUT2D eigenvalue weighted by Gasteiger charge is -2.12. The number of aromatic nitrogens is 1. The fourth-order valence-electron chi connectivity index (χ4n) is 2.52. The highest BCUT2D eigenvalue weighted by molar-refractivity contribution is 7.13. The van der Waals surface area contributed by atoms with Crippen molar-refractivity contribution in [3.63, 3.8) is 0 Å². The third-order valence-corrected chi connectivity index (χ3v) is 5.48. The van der Waals surface area contributed by atoms with Gasteiger partial charge in [-0.3, -0.25) is 0 Å². The molecule has 1 heterocycles. The van der Waals surface area contributed by atoms with Gasteiger partial charge in [0.15, 0.2) is 10.9 Å². The first-order chi connectivity index (χ1) is 14.9. The first kappa shape index (κ1) is 23.8. The predicted molar refractivity (Wildman–Crippen MR) is 129 cm³/mol. The van der Waals surface area contributed by atoms with Crippen LogP contribution in [0.4, 0.5) is 5.13 Å². The van der Waals surface area contributed by atoms with Crippen LogP contribution in [0.25, 0.3) is 11.3 Å². The van der Waals surface area contributed by atoms with Crippen LogP contribution in [0.1, 0.15) is 6.42 Å². The number of ether oxygens (including phenoxy) is 3. The highest BCUT2D eigenvalue weighted by atomic mass is 35.5. The first-order valence-electron chi connectivity index (χ1n) is 9.12. The Morgan fingerprint density at radius 3 is 2.26 bits per heavy atom. The Kier molecular flexibility index (Phi) is 8.99. The fourth-order valence-corrected chi connectivity index (χ4v) is 3.80. The van der Waals surface area contributed by atoms with E-state index in [4.69, 9.17) is 66.3 Å². The van der Waals surface area contributed by atoms with E-state index in [-0.39, 0.29) is 11.1 Å². The number of nitrogens with zero attached hydrogens (tertiary/aromatic N) is 1. The van der Waals surface area contributed by atoms with Gasteiger partial charge in [0, 0.05) is 29.5 Å². The molecule has 3 rings (SSSR count). The average molecular weight is 520 g/mol. The molecule has 5 nitrogen and oxygen atoms in total. The van der Waals surface area contributed by atoms with Crippen LogP contribution in [-0.2, 0) is 0 Å². The van der Waals surface area contributed by atoms with E-state index in [1.165, 1.54) is 17.4 Å². The van der Waals surface area contributed by atoms with Gasteiger partial charge in [0.1, 0.15) is 22.6 Å². The molecular formula is C21H18Cl4N2O3S. The second kappa shape index (κ2) is 11.7. The third kappa shape index (κ3) is 7.37. The van der Waals surface area contributed by atoms with Crippen LogP contribution in [0.3, 0.4) is 0 Å². The van der Waals surface area contributed by atoms with Crippen molar-refractivity contribution >= 4 is 62.9 Å². The summed E-state index contributed by atoms with van der Waals surface area (Å²) in [5.41, 5.74) is 7.52. The van der Waals surface area contributed by atoms with E-state index in [9.17, 15) is 0 Å². The zero-order valence-corrected chi connectivity index (χ0v) is 20.0. The monoisotopic (exact) mass is 518 g/mol. The Morgan fingerprint density at radius 1 is 0.968 bits per heavy atom. The molecule has 31 heavy (non-hydrogen) atoms. The molecule has 0 aliphatic carbocycles. The molecule has 0 saturated carbocycles. The van der Waals surface area contributed by atoms with Crippen molar-refractivity contribution in [2.75, 3.05) is 25.6 Å². The van der Waals surface area contributed by atoms with Gasteiger partial charge < -0.3 is 19.9 Å². The van der Waals surface area contributed by atoms with Gasteiger partial charge in [-0.1, -0.05) is 46.4 Å². The molecule has 164 valence electrons. The summed E-state index contributed by atoms with van der Waals surface area (Å²) in [5.74, 6) is 1.64. The molecule has 0 aliphatic rings. The number of hydrogen-bond acceptors (Lipinski definition) is 6. The SMILES string of the molecule is Nc1nc(-c2ccc(OCCCOc3c(Cl)cc(OCC=C(Cl)Cl)cc3Cl)cc2)cs1. The number of hydrogen-bond donors (Lipinski definition) is 1. The van der Waals surface area contributed by atoms with Crippen molar-refractivity contribution in [1.29, 1.82) is 0 Å². The maximum absolute atomic E-state index is 6.25. The zero-order valence-electron chi connectivity index (χ0n) is 16.1. The van der Waals surface area contributed by atoms with Gasteiger partial charge in [-0.05, 0) is 30.3 Å². The molecule has 0 aliphatic heterocycles. The van der Waals surface area contributed by atoms with Crippen molar-refractivity contribution in [2.45, 2.75) is 6.42 Å². The summed E-state index contributed by atoms with van der Waals surface area (Å²) in [6.45, 7) is 1.07. The van der Waals surface area contributed by atoms with Gasteiger partial charge in [-0.15, -0.1) is 11.3 Å². The molecule has 2 N–H and O–H groups in total. The number of anilines is 1. The first-order valence-corrected chi connectivity index (χ1v) is 11.5. The second-order valence-corrected chi connectivity index (χ2v) is 8.88. The van der Waals surface area contributed by atoms with Crippen molar-refractivity contribution in [1.82, 2.24) is 4.98 Å². The molecule has 0 fully saturated rings. The number of thiazole rings is 1. The van der Waals surface area contributed by atoms with E-state index in [1.54, 1.807) is 12.1 Å². The summed E-state index contributed by atoms with van der Waals surface area (Å²) < 4.78 is 17.0. The summed E-state index contributed by atoms with van der Waals surface area (Å²) in [5, 5.41) is 3.17. The van der Waals surface area contributed by atoms with Crippen LogP contribution in [-0.4, -0.2) is 24.8 Å². The summed E-state index contributed by atoms with van der Waals surface area (Å²) in [7, 11) is 0. The van der Waals surface area contributed by atoms with E-state index in [2.05, 4.69) is 4.98 Å². The van der Waals surface area contributed by atoms with Gasteiger partial charge >= 0.3 is 0 Å². The summed E-state index contributed by atoms with van der Waals surface area (Å²) in [6.07, 6.45) is 2.16. The smallest absolute Gasteiger partial charge is 0.180 e. The summed E-state index contributed by atoms with van der Waals surface area (Å²) in [4.78, 5) is 4.26. The van der Waals surface area contributed by atoms with Gasteiger partial charge in [0.2, 0.25) is 0 Å². The lowest BCUT2D eigenvalue weighted by atomic mass is 10.2. The molecule has 0 atom stereocenters. The highest BCUT2D eigenvalue weighted by Crippen LogP contribution is 2.37. The minimum atomic E-state index is 0.125. The van der Waals surface area contributed by atoms with E-state index >= 15 is 0 Å². The number of rotatable bonds is 10. The molecule has 2 aromatic carbocycles. The minimum absolute atomic E-state index is 0.125. The van der Waals surface area contributed by atoms with Gasteiger partial charge in [0.25, 0.3) is 0 Å². The maximum Gasteiger partial charge on any atom is 0.180 e. The lowest BCUT2D eigenvalue weighted by molar-refractivity contribution is 0.247. The molecule has 3 aromatic rings. The topological polar surface area (TPSA) is 66.6 Å². The van der Waals surface area contributed by atoms with E-state index < -0.39 is 0 Å². The van der Waals surface area contributed by atoms with Crippen molar-refractivity contribution < 1.29 is 14.2 Å². The van der Waals surface area contributed by atoms with E-state index in [1.807, 2.05) is 29.6 Å². The molecule has 0 radical (unpaired) electrons. The van der Waals surface area contributed by atoms with Gasteiger partial charge in [-0.25, -0.2) is 4.98 Å². The van der Waals surface area contributed by atoms with Crippen LogP contribution in [0, 0.1) is 0 Å². The molecule has 0 unspecified atom stereocenters. The number of benzene rings is 2. The Balaban J connectivity index is 1.43. The van der Waals surface area contributed by atoms with Crippen molar-refractivity contribution in [3.05, 3.63) is 62.4 Å². The number of nitrogens with two attached hydrogens (primary N) is 1. The number of halogens is 4. The van der Waals surface area contributed by atoms with Crippen LogP contribution in [0.5, 0.6) is 17.2 Å². The molecule has 0 spiro atoms. The lowest BCUT2D eigenvalue weighted by Crippen LogP contribution is -2.05. The Hall–Kier alpha value is -1.83. The molecular weight excluding hydrogens is 502 g/mol. The summed E-state index contributed by atoms with van der Waals surface area (Å²) in [6, 6.07) is 10.9. The fraction of sp³-hybridized carbons (Fsp3) is 0.190. The molecule has 0 bridgehead atoms. The summed E-state index contributed by atoms with van der Waals surface area (Å²) >= 11 is 25.0. The second-order valence-electron chi connectivity index (χ2n) is 6.17. The third-order valence-electron chi connectivity index (χ3n) is 3.94. The van der Waals surface area contributed by atoms with E-state index in [0.29, 0.717) is 46.3 Å². The molecule has 10 heteroatoms. The van der Waals surface area contributed by atoms with Crippen LogP contribution >= 0.6 is 57.7 Å². The van der Waals surface area contributed by atoms with Gasteiger partial charge in [-0.2, -0.15) is 0 Å². The maximum atomic E-state index is 6.25. The minimum Gasteiger partial charge on any atom is -0.493 e. The van der Waals surface area contributed by atoms with Crippen LogP contribution in [0.15, 0.2) is 52.3 Å². The van der Waals surface area contributed by atoms with Crippen LogP contribution in [0.2, 0.25) is 10.0 Å². The Labute approximate surface area is 204 Å². The predicted octanol–water partition coefficient (Wildman–Crippen LogP) is 7.24. The van der Waals surface area contributed by atoms with Crippen molar-refractivity contribution in [2.24, 2.45) is 0 Å². The normalized spacial score (nSPS) is 10.6. The Bertz CT molecular complexity index is 1010. The number of nitrogen functional groups attached to an aromatic ring is 1. The molecule has 0 saturated heterocycles. The van der Waals surface area contributed by atoms with Crippen LogP contribution < -0.4 is 19.9 Å². The Morgan fingerprint density at radius 2 is 1.65 bits per heavy atom. The van der Waals surface area contributed by atoms with Crippen molar-refractivity contribution in [3.8, 4) is 28.5 Å². The molecule has 1 aromatic heterocycles. The largest absolute Gasteiger partial charge is 0.493 e. The standard InChI is InChI=1S/C21H18Cl4N2O3S/c22-16-10-15(29-9-6-19(24)25)11-17(23)20(16)30-8-1-7-28-14-4-2-13(3-5-14)18-12-31-21(26)27-18/h2-6,10-12H,1,7-9H2,(H2,26,27). The quantitative estimate of drug-likeness (QED) is 0.286. The molecule has 0 amide bonds.